The van der Waals surface area contributed by atoms with E-state index in [0.717, 1.165) is 5.56 Å². The number of aromatic nitrogens is 1. The van der Waals surface area contributed by atoms with Crippen LogP contribution in [0.3, 0.4) is 0 Å². The smallest absolute Gasteiger partial charge is 0.413 e. The maximum absolute atomic E-state index is 11.9. The van der Waals surface area contributed by atoms with Crippen LogP contribution in [-0.2, 0) is 10.5 Å². The van der Waals surface area contributed by atoms with Crippen LogP contribution in [0.25, 0.3) is 0 Å². The largest absolute Gasteiger partial charge is 0.540 e. The Balaban J connectivity index is 2.05. The van der Waals surface area contributed by atoms with Crippen molar-refractivity contribution >= 4 is 17.7 Å². The zero-order chi connectivity index (χ0) is 14.1. The first-order valence-electron chi connectivity index (χ1n) is 6.30. The van der Waals surface area contributed by atoms with Gasteiger partial charge in [0, 0.05) is 5.56 Å². The fraction of sp³-hybridized carbons (Fsp3) is 0.286. The van der Waals surface area contributed by atoms with Gasteiger partial charge in [-0.05, 0) is 6.92 Å². The molecule has 0 bridgehead atoms. The van der Waals surface area contributed by atoms with Crippen molar-refractivity contribution in [2.24, 2.45) is 0 Å². The monoisotopic (exact) mass is 291 g/mol. The minimum absolute atomic E-state index is 0.0225. The summed E-state index contributed by atoms with van der Waals surface area (Å²) in [7, 11) is 0. The van der Waals surface area contributed by atoms with E-state index in [1.807, 2.05) is 30.3 Å². The van der Waals surface area contributed by atoms with E-state index in [9.17, 15) is 9.90 Å². The summed E-state index contributed by atoms with van der Waals surface area (Å²) in [5.41, 5.74) is 1.53. The minimum atomic E-state index is -0.598. The van der Waals surface area contributed by atoms with Gasteiger partial charge in [-0.1, -0.05) is 42.1 Å². The molecule has 1 atom stereocenters. The van der Waals surface area contributed by atoms with Gasteiger partial charge in [0.1, 0.15) is 5.95 Å². The lowest BCUT2D eigenvalue weighted by molar-refractivity contribution is -0.698. The van der Waals surface area contributed by atoms with Crippen LogP contribution in [0.5, 0.6) is 5.95 Å². The Morgan fingerprint density at radius 2 is 2.25 bits per heavy atom. The molecule has 0 amide bonds. The molecule has 1 aliphatic rings. The van der Waals surface area contributed by atoms with Crippen LogP contribution >= 0.6 is 11.8 Å². The van der Waals surface area contributed by atoms with E-state index in [0.29, 0.717) is 11.4 Å². The van der Waals surface area contributed by atoms with Gasteiger partial charge < -0.3 is 14.3 Å². The van der Waals surface area contributed by atoms with Crippen molar-refractivity contribution in [3.8, 4) is 5.95 Å². The number of ether oxygens (including phenoxy) is 1. The van der Waals surface area contributed by atoms with Crippen LogP contribution < -0.4 is 9.67 Å². The Kier molecular flexibility index (Phi) is 3.40. The molecule has 0 spiro atoms. The topological polar surface area (TPSA) is 66.4 Å². The minimum Gasteiger partial charge on any atom is -0.540 e. The first-order valence-corrected chi connectivity index (χ1v) is 7.35. The summed E-state index contributed by atoms with van der Waals surface area (Å²) in [6.07, 6.45) is 0. The summed E-state index contributed by atoms with van der Waals surface area (Å²) < 4.78 is 11.7. The van der Waals surface area contributed by atoms with Gasteiger partial charge >= 0.3 is 11.9 Å². The molecule has 104 valence electrons. The van der Waals surface area contributed by atoms with Crippen molar-refractivity contribution in [2.45, 2.75) is 18.1 Å². The quantitative estimate of drug-likeness (QED) is 0.635. The Morgan fingerprint density at radius 3 is 2.95 bits per heavy atom. The summed E-state index contributed by atoms with van der Waals surface area (Å²) in [6.45, 7) is 1.96. The molecule has 6 heteroatoms. The van der Waals surface area contributed by atoms with E-state index in [2.05, 4.69) is 0 Å². The Hall–Kier alpha value is -1.95. The summed E-state index contributed by atoms with van der Waals surface area (Å²) in [6, 6.07) is 9.71. The maximum Gasteiger partial charge on any atom is 0.413 e. The second kappa shape index (κ2) is 5.20. The average Bonchev–Trinajstić information content (AvgIpc) is 3.02. The Bertz CT molecular complexity index is 638. The second-order valence-electron chi connectivity index (χ2n) is 4.31. The molecule has 2 aromatic rings. The van der Waals surface area contributed by atoms with Crippen molar-refractivity contribution in [3.05, 3.63) is 47.5 Å². The van der Waals surface area contributed by atoms with Crippen molar-refractivity contribution in [1.82, 2.24) is 0 Å². The molecule has 3 rings (SSSR count). The molecule has 1 aromatic carbocycles. The Labute approximate surface area is 120 Å². The van der Waals surface area contributed by atoms with Crippen molar-refractivity contribution in [1.29, 1.82) is 0 Å². The molecule has 0 N–H and O–H groups in total. The number of carbonyl (C=O) groups is 1. The normalized spacial score (nSPS) is 16.9. The van der Waals surface area contributed by atoms with Gasteiger partial charge in [-0.2, -0.15) is 4.57 Å². The van der Waals surface area contributed by atoms with E-state index in [1.54, 1.807) is 23.3 Å². The van der Waals surface area contributed by atoms with Gasteiger partial charge in [-0.3, -0.25) is 0 Å². The highest BCUT2D eigenvalue weighted by atomic mass is 32.2. The van der Waals surface area contributed by atoms with Gasteiger partial charge in [0.25, 0.3) is 0 Å². The van der Waals surface area contributed by atoms with Gasteiger partial charge in [-0.15, -0.1) is 0 Å². The highest BCUT2D eigenvalue weighted by molar-refractivity contribution is 7.98. The number of oxazole rings is 1. The fourth-order valence-electron chi connectivity index (χ4n) is 2.22. The molecule has 0 saturated carbocycles. The van der Waals surface area contributed by atoms with Crippen molar-refractivity contribution in [2.75, 3.05) is 6.61 Å². The molecule has 20 heavy (non-hydrogen) atoms. The van der Waals surface area contributed by atoms with Gasteiger partial charge in [0.2, 0.25) is 11.1 Å². The van der Waals surface area contributed by atoms with E-state index in [-0.39, 0.29) is 17.9 Å². The number of fused-ring (bicyclic) bond motifs is 1. The van der Waals surface area contributed by atoms with E-state index < -0.39 is 11.9 Å². The van der Waals surface area contributed by atoms with Crippen LogP contribution in [0.15, 0.2) is 34.7 Å². The van der Waals surface area contributed by atoms with E-state index in [4.69, 9.17) is 9.15 Å². The second-order valence-corrected chi connectivity index (χ2v) is 5.37. The van der Waals surface area contributed by atoms with E-state index >= 15 is 0 Å². The van der Waals surface area contributed by atoms with Crippen molar-refractivity contribution in [3.63, 3.8) is 0 Å². The van der Waals surface area contributed by atoms with Crippen molar-refractivity contribution < 1.29 is 23.6 Å². The highest BCUT2D eigenvalue weighted by Gasteiger charge is 2.40. The first kappa shape index (κ1) is 13.1. The summed E-state index contributed by atoms with van der Waals surface area (Å²) >= 11 is 1.59. The van der Waals surface area contributed by atoms with Crippen LogP contribution in [-0.4, -0.2) is 12.6 Å². The maximum atomic E-state index is 11.9. The highest BCUT2D eigenvalue weighted by Crippen LogP contribution is 2.38. The zero-order valence-corrected chi connectivity index (χ0v) is 11.7. The molecule has 0 radical (unpaired) electrons. The number of hydrogen-bond donors (Lipinski definition) is 0. The molecule has 0 saturated heterocycles. The number of hydrogen-bond acceptors (Lipinski definition) is 5. The molecule has 1 aliphatic heterocycles. The number of benzene rings is 1. The number of esters is 1. The molecule has 5 nitrogen and oxygen atoms in total. The molecule has 1 aromatic heterocycles. The van der Waals surface area contributed by atoms with E-state index in [1.165, 1.54) is 0 Å². The van der Waals surface area contributed by atoms with Crippen LogP contribution in [0.1, 0.15) is 34.2 Å². The van der Waals surface area contributed by atoms with Crippen LogP contribution in [0, 0.1) is 0 Å². The van der Waals surface area contributed by atoms with Crippen LogP contribution in [0.2, 0.25) is 0 Å². The summed E-state index contributed by atoms with van der Waals surface area (Å²) in [5.74, 6) is -0.551. The van der Waals surface area contributed by atoms with Gasteiger partial charge in [0.15, 0.2) is 0 Å². The molecular weight excluding hydrogens is 278 g/mol. The first-order chi connectivity index (χ1) is 9.72. The predicted molar refractivity (Wildman–Crippen MR) is 70.2 cm³/mol. The zero-order valence-electron chi connectivity index (χ0n) is 10.9. The lowest BCUT2D eigenvalue weighted by atomic mass is 10.2. The predicted octanol–water partition coefficient (Wildman–Crippen LogP) is 1.61. The number of thioether (sulfide) groups is 1. The average molecular weight is 291 g/mol. The summed E-state index contributed by atoms with van der Waals surface area (Å²) in [5, 5.41) is 11.7. The number of nitrogens with zero attached hydrogens (tertiary/aromatic N) is 1. The summed E-state index contributed by atoms with van der Waals surface area (Å²) in [4.78, 5) is 11.9. The van der Waals surface area contributed by atoms with Gasteiger partial charge in [-0.25, -0.2) is 4.79 Å². The SMILES string of the molecule is CCOC(=O)c1oc([O-])c2[n+]1[C@@H](c1ccccc1)SC2. The molecule has 0 unspecified atom stereocenters. The molecule has 0 aliphatic carbocycles. The lowest BCUT2D eigenvalue weighted by Crippen LogP contribution is -2.42. The van der Waals surface area contributed by atoms with Crippen LogP contribution in [0.4, 0.5) is 0 Å². The third-order valence-corrected chi connectivity index (χ3v) is 4.32. The standard InChI is InChI=1S/C14H13NO4S/c1-2-18-14(17)11-15-10(13(16)19-11)8-20-12(15)9-6-4-3-5-7-9/h3-7,12H,2,8H2,1H3/t12-/m1/s1. The van der Waals surface area contributed by atoms with Gasteiger partial charge in [0.05, 0.1) is 12.4 Å². The third-order valence-electron chi connectivity index (χ3n) is 3.08. The third kappa shape index (κ3) is 2.06. The lowest BCUT2D eigenvalue weighted by Gasteiger charge is -2.07. The Morgan fingerprint density at radius 1 is 1.50 bits per heavy atom. The molecule has 2 heterocycles. The fourth-order valence-corrected chi connectivity index (χ4v) is 3.52. The molecule has 0 fully saturated rings. The number of carbonyl (C=O) groups excluding carboxylic acids is 1. The number of rotatable bonds is 3. The molecular formula is C14H13NO4S.